The van der Waals surface area contributed by atoms with Gasteiger partial charge >= 0.3 is 0 Å². The number of rotatable bonds is 4. The van der Waals surface area contributed by atoms with E-state index in [1.54, 1.807) is 12.1 Å². The molecule has 0 spiro atoms. The zero-order valence-corrected chi connectivity index (χ0v) is 14.3. The van der Waals surface area contributed by atoms with Crippen LogP contribution in [0.15, 0.2) is 24.3 Å². The molecule has 1 aromatic carbocycles. The van der Waals surface area contributed by atoms with Gasteiger partial charge in [-0.3, -0.25) is 10.1 Å². The van der Waals surface area contributed by atoms with Crippen molar-refractivity contribution in [2.24, 2.45) is 0 Å². The van der Waals surface area contributed by atoms with Gasteiger partial charge in [0.25, 0.3) is 5.69 Å². The zero-order chi connectivity index (χ0) is 16.9. The van der Waals surface area contributed by atoms with Gasteiger partial charge < -0.3 is 19.9 Å². The molecule has 0 amide bonds. The number of ether oxygens (including phenoxy) is 1. The number of non-ortho nitro benzene ring substituents is 1. The molecule has 130 valence electrons. The van der Waals surface area contributed by atoms with E-state index >= 15 is 0 Å². The third kappa shape index (κ3) is 4.12. The van der Waals surface area contributed by atoms with Crippen LogP contribution in [0, 0.1) is 10.1 Å². The minimum absolute atomic E-state index is 0.122. The van der Waals surface area contributed by atoms with Crippen LogP contribution >= 0.6 is 12.2 Å². The highest BCUT2D eigenvalue weighted by Gasteiger charge is 2.21. The maximum Gasteiger partial charge on any atom is 0.269 e. The first kappa shape index (κ1) is 16.9. The molecule has 3 rings (SSSR count). The molecule has 1 atom stereocenters. The maximum absolute atomic E-state index is 10.7. The van der Waals surface area contributed by atoms with E-state index in [4.69, 9.17) is 17.0 Å². The molecule has 0 bridgehead atoms. The van der Waals surface area contributed by atoms with Crippen molar-refractivity contribution in [2.45, 2.75) is 18.9 Å². The SMILES string of the molecule is O=[N+]([O-])c1ccc(N2CCN(C(=S)NC[C@@H]3CCCO3)CC2)cc1. The normalized spacial score (nSPS) is 20.9. The second-order valence-electron chi connectivity index (χ2n) is 6.07. The number of anilines is 1. The summed E-state index contributed by atoms with van der Waals surface area (Å²) >= 11 is 5.48. The second-order valence-corrected chi connectivity index (χ2v) is 6.46. The molecule has 2 heterocycles. The van der Waals surface area contributed by atoms with Crippen LogP contribution in [0.2, 0.25) is 0 Å². The fourth-order valence-electron chi connectivity index (χ4n) is 3.07. The summed E-state index contributed by atoms with van der Waals surface area (Å²) in [6.45, 7) is 5.01. The van der Waals surface area contributed by atoms with Crippen molar-refractivity contribution in [3.05, 3.63) is 34.4 Å². The summed E-state index contributed by atoms with van der Waals surface area (Å²) < 4.78 is 5.60. The Morgan fingerprint density at radius 1 is 1.29 bits per heavy atom. The van der Waals surface area contributed by atoms with Gasteiger partial charge in [0, 0.05) is 57.2 Å². The quantitative estimate of drug-likeness (QED) is 0.504. The molecule has 2 saturated heterocycles. The second kappa shape index (κ2) is 7.76. The Morgan fingerprint density at radius 3 is 2.58 bits per heavy atom. The van der Waals surface area contributed by atoms with Gasteiger partial charge in [-0.1, -0.05) is 0 Å². The average molecular weight is 350 g/mol. The summed E-state index contributed by atoms with van der Waals surface area (Å²) in [6.07, 6.45) is 2.51. The number of nitrogens with zero attached hydrogens (tertiary/aromatic N) is 3. The van der Waals surface area contributed by atoms with Crippen LogP contribution in [0.5, 0.6) is 0 Å². The van der Waals surface area contributed by atoms with Gasteiger partial charge in [0.1, 0.15) is 0 Å². The molecule has 8 heteroatoms. The van der Waals surface area contributed by atoms with Crippen molar-refractivity contribution in [3.8, 4) is 0 Å². The number of nitro benzene ring substituents is 1. The number of benzene rings is 1. The summed E-state index contributed by atoms with van der Waals surface area (Å²) in [4.78, 5) is 14.7. The molecule has 1 N–H and O–H groups in total. The fraction of sp³-hybridized carbons (Fsp3) is 0.562. The van der Waals surface area contributed by atoms with Gasteiger partial charge in [0.2, 0.25) is 0 Å². The number of hydrogen-bond donors (Lipinski definition) is 1. The summed E-state index contributed by atoms with van der Waals surface area (Å²) in [6, 6.07) is 6.72. The Balaban J connectivity index is 1.46. The molecule has 0 unspecified atom stereocenters. The van der Waals surface area contributed by atoms with Gasteiger partial charge in [-0.15, -0.1) is 0 Å². The molecule has 24 heavy (non-hydrogen) atoms. The van der Waals surface area contributed by atoms with Crippen LogP contribution in [0.3, 0.4) is 0 Å². The number of thiocarbonyl (C=S) groups is 1. The number of nitrogens with one attached hydrogen (secondary N) is 1. The van der Waals surface area contributed by atoms with Crippen LogP contribution in [-0.2, 0) is 4.74 Å². The lowest BCUT2D eigenvalue weighted by Crippen LogP contribution is -2.52. The molecule has 1 aromatic rings. The van der Waals surface area contributed by atoms with E-state index in [1.807, 2.05) is 12.1 Å². The van der Waals surface area contributed by atoms with E-state index in [2.05, 4.69) is 15.1 Å². The highest BCUT2D eigenvalue weighted by molar-refractivity contribution is 7.80. The predicted octanol–water partition coefficient (Wildman–Crippen LogP) is 1.77. The molecular formula is C16H22N4O3S. The van der Waals surface area contributed by atoms with Crippen molar-refractivity contribution >= 4 is 28.7 Å². The van der Waals surface area contributed by atoms with Crippen molar-refractivity contribution in [1.82, 2.24) is 10.2 Å². The molecule has 0 radical (unpaired) electrons. The Bertz CT molecular complexity index is 581. The fourth-order valence-corrected chi connectivity index (χ4v) is 3.34. The predicted molar refractivity (Wildman–Crippen MR) is 96.5 cm³/mol. The van der Waals surface area contributed by atoms with Crippen LogP contribution in [0.25, 0.3) is 0 Å². The lowest BCUT2D eigenvalue weighted by atomic mass is 10.2. The Kier molecular flexibility index (Phi) is 5.47. The minimum atomic E-state index is -0.375. The third-order valence-electron chi connectivity index (χ3n) is 4.50. The number of nitro groups is 1. The standard InChI is InChI=1S/C16H22N4O3S/c21-20(22)14-5-3-13(4-6-14)18-7-9-19(10-8-18)16(24)17-12-15-2-1-11-23-15/h3-6,15H,1-2,7-12H2,(H,17,24)/t15-/m0/s1. The highest BCUT2D eigenvalue weighted by Crippen LogP contribution is 2.20. The summed E-state index contributed by atoms with van der Waals surface area (Å²) in [5, 5.41) is 14.8. The smallest absolute Gasteiger partial charge is 0.269 e. The first-order valence-electron chi connectivity index (χ1n) is 8.27. The van der Waals surface area contributed by atoms with Gasteiger partial charge in [0.05, 0.1) is 11.0 Å². The van der Waals surface area contributed by atoms with E-state index in [1.165, 1.54) is 0 Å². The van der Waals surface area contributed by atoms with Gasteiger partial charge in [-0.2, -0.15) is 0 Å². The molecule has 0 saturated carbocycles. The highest BCUT2D eigenvalue weighted by atomic mass is 32.1. The molecule has 0 aromatic heterocycles. The largest absolute Gasteiger partial charge is 0.376 e. The number of piperazine rings is 1. The first-order valence-corrected chi connectivity index (χ1v) is 8.68. The maximum atomic E-state index is 10.7. The third-order valence-corrected chi connectivity index (χ3v) is 4.90. The van der Waals surface area contributed by atoms with E-state index in [9.17, 15) is 10.1 Å². The van der Waals surface area contributed by atoms with E-state index in [0.29, 0.717) is 0 Å². The van der Waals surface area contributed by atoms with Crippen LogP contribution in [0.4, 0.5) is 11.4 Å². The average Bonchev–Trinajstić information content (AvgIpc) is 3.13. The Hall–Kier alpha value is -1.93. The van der Waals surface area contributed by atoms with Crippen molar-refractivity contribution < 1.29 is 9.66 Å². The lowest BCUT2D eigenvalue weighted by molar-refractivity contribution is -0.384. The molecule has 2 fully saturated rings. The van der Waals surface area contributed by atoms with Crippen LogP contribution in [0.1, 0.15) is 12.8 Å². The number of hydrogen-bond acceptors (Lipinski definition) is 5. The van der Waals surface area contributed by atoms with Crippen molar-refractivity contribution in [2.75, 3.05) is 44.2 Å². The lowest BCUT2D eigenvalue weighted by Gasteiger charge is -2.37. The Morgan fingerprint density at radius 2 is 2.00 bits per heavy atom. The summed E-state index contributed by atoms with van der Waals surface area (Å²) in [7, 11) is 0. The minimum Gasteiger partial charge on any atom is -0.376 e. The molecule has 0 aliphatic carbocycles. The monoisotopic (exact) mass is 350 g/mol. The molecule has 7 nitrogen and oxygen atoms in total. The molecular weight excluding hydrogens is 328 g/mol. The van der Waals surface area contributed by atoms with Gasteiger partial charge in [-0.05, 0) is 37.2 Å². The van der Waals surface area contributed by atoms with Crippen molar-refractivity contribution in [1.29, 1.82) is 0 Å². The topological polar surface area (TPSA) is 70.9 Å². The summed E-state index contributed by atoms with van der Waals surface area (Å²) in [5.41, 5.74) is 1.13. The van der Waals surface area contributed by atoms with E-state index in [0.717, 1.165) is 63.0 Å². The molecule has 2 aliphatic heterocycles. The zero-order valence-electron chi connectivity index (χ0n) is 13.5. The van der Waals surface area contributed by atoms with Gasteiger partial charge in [0.15, 0.2) is 5.11 Å². The molecule has 2 aliphatic rings. The van der Waals surface area contributed by atoms with Crippen molar-refractivity contribution in [3.63, 3.8) is 0 Å². The van der Waals surface area contributed by atoms with Crippen LogP contribution < -0.4 is 10.2 Å². The first-order chi connectivity index (χ1) is 11.6. The Labute approximate surface area is 146 Å². The van der Waals surface area contributed by atoms with E-state index < -0.39 is 0 Å². The summed E-state index contributed by atoms with van der Waals surface area (Å²) in [5.74, 6) is 0. The van der Waals surface area contributed by atoms with E-state index in [-0.39, 0.29) is 16.7 Å². The van der Waals surface area contributed by atoms with Gasteiger partial charge in [-0.25, -0.2) is 0 Å². The van der Waals surface area contributed by atoms with Crippen LogP contribution in [-0.4, -0.2) is 60.4 Å².